The molecule has 1 rings (SSSR count). The van der Waals surface area contributed by atoms with Crippen molar-refractivity contribution in [2.75, 3.05) is 12.3 Å². The first-order valence-electron chi connectivity index (χ1n) is 5.14. The fraction of sp³-hybridized carbons (Fsp3) is 0.455. The van der Waals surface area contributed by atoms with Gasteiger partial charge in [-0.3, -0.25) is 4.21 Å². The lowest BCUT2D eigenvalue weighted by Crippen LogP contribution is -2.02. The molecule has 0 bridgehead atoms. The minimum Gasteiger partial charge on any atom is -0.259 e. The van der Waals surface area contributed by atoms with Crippen molar-refractivity contribution in [3.63, 3.8) is 0 Å². The van der Waals surface area contributed by atoms with Crippen molar-refractivity contribution in [1.29, 1.82) is 0 Å². The summed E-state index contributed by atoms with van der Waals surface area (Å²) in [6, 6.07) is 8.03. The molecule has 0 aliphatic heterocycles. The summed E-state index contributed by atoms with van der Waals surface area (Å²) in [5.41, 5.74) is 10.4. The van der Waals surface area contributed by atoms with Gasteiger partial charge < -0.3 is 0 Å². The molecule has 0 spiro atoms. The lowest BCUT2D eigenvalue weighted by molar-refractivity contribution is 0.680. The van der Waals surface area contributed by atoms with Crippen molar-refractivity contribution in [1.82, 2.24) is 0 Å². The van der Waals surface area contributed by atoms with Crippen molar-refractivity contribution in [3.8, 4) is 0 Å². The van der Waals surface area contributed by atoms with Crippen LogP contribution in [0.4, 0.5) is 0 Å². The van der Waals surface area contributed by atoms with Gasteiger partial charge in [0.15, 0.2) is 0 Å². The maximum Gasteiger partial charge on any atom is 0.0485 e. The molecule has 0 heterocycles. The quantitative estimate of drug-likeness (QED) is 0.324. The summed E-state index contributed by atoms with van der Waals surface area (Å²) in [4.78, 5) is 2.65. The fourth-order valence-electron chi connectivity index (χ4n) is 1.40. The average Bonchev–Trinajstić information content (AvgIpc) is 2.24. The van der Waals surface area contributed by atoms with Crippen LogP contribution in [-0.2, 0) is 16.6 Å². The van der Waals surface area contributed by atoms with E-state index in [9.17, 15) is 4.21 Å². The molecule has 5 heteroatoms. The highest BCUT2D eigenvalue weighted by atomic mass is 32.2. The highest BCUT2D eigenvalue weighted by Crippen LogP contribution is 2.07. The Morgan fingerprint density at radius 2 is 2.31 bits per heavy atom. The van der Waals surface area contributed by atoms with E-state index in [0.717, 1.165) is 5.56 Å². The van der Waals surface area contributed by atoms with Crippen LogP contribution in [0.2, 0.25) is 0 Å². The van der Waals surface area contributed by atoms with Gasteiger partial charge in [0.1, 0.15) is 0 Å². The Bertz CT molecular complexity index is 413. The molecule has 0 radical (unpaired) electrons. The molecular weight excluding hydrogens is 222 g/mol. The van der Waals surface area contributed by atoms with E-state index >= 15 is 0 Å². The highest BCUT2D eigenvalue weighted by molar-refractivity contribution is 7.84. The van der Waals surface area contributed by atoms with Crippen molar-refractivity contribution >= 4 is 10.8 Å². The average molecular weight is 237 g/mol. The summed E-state index contributed by atoms with van der Waals surface area (Å²) in [6.07, 6.45) is 0.683. The van der Waals surface area contributed by atoms with Crippen LogP contribution in [0.25, 0.3) is 10.4 Å². The van der Waals surface area contributed by atoms with Crippen molar-refractivity contribution in [2.24, 2.45) is 5.11 Å². The topological polar surface area (TPSA) is 65.8 Å². The largest absolute Gasteiger partial charge is 0.259 e. The van der Waals surface area contributed by atoms with Crippen LogP contribution in [0.5, 0.6) is 0 Å². The third-order valence-corrected chi connectivity index (χ3v) is 3.50. The Hall–Kier alpha value is -1.32. The molecule has 0 aromatic heterocycles. The monoisotopic (exact) mass is 237 g/mol. The first-order valence-corrected chi connectivity index (χ1v) is 6.62. The number of nitrogens with zero attached hydrogens (tertiary/aromatic N) is 3. The normalized spacial score (nSPS) is 11.8. The molecule has 1 unspecified atom stereocenters. The smallest absolute Gasteiger partial charge is 0.0485 e. The van der Waals surface area contributed by atoms with Crippen LogP contribution in [-0.4, -0.2) is 16.5 Å². The second-order valence-electron chi connectivity index (χ2n) is 3.59. The Labute approximate surface area is 97.8 Å². The van der Waals surface area contributed by atoms with Gasteiger partial charge in [-0.25, -0.2) is 0 Å². The number of benzene rings is 1. The van der Waals surface area contributed by atoms with Crippen molar-refractivity contribution < 1.29 is 4.21 Å². The Kier molecular flexibility index (Phi) is 5.61. The molecular formula is C11H15N3OS. The van der Waals surface area contributed by atoms with Gasteiger partial charge in [0.05, 0.1) is 0 Å². The van der Waals surface area contributed by atoms with Gasteiger partial charge in [0.25, 0.3) is 0 Å². The highest BCUT2D eigenvalue weighted by Gasteiger charge is 2.01. The second kappa shape index (κ2) is 7.04. The molecule has 0 aliphatic carbocycles. The molecule has 0 saturated heterocycles. The predicted molar refractivity (Wildman–Crippen MR) is 66.5 cm³/mol. The van der Waals surface area contributed by atoms with E-state index in [2.05, 4.69) is 10.0 Å². The number of rotatable bonds is 6. The van der Waals surface area contributed by atoms with Gasteiger partial charge in [0, 0.05) is 33.8 Å². The summed E-state index contributed by atoms with van der Waals surface area (Å²) < 4.78 is 11.7. The molecule has 1 aromatic rings. The van der Waals surface area contributed by atoms with Crippen LogP contribution in [0.15, 0.2) is 29.4 Å². The van der Waals surface area contributed by atoms with Gasteiger partial charge in [-0.1, -0.05) is 34.9 Å². The van der Waals surface area contributed by atoms with E-state index in [4.69, 9.17) is 5.53 Å². The summed E-state index contributed by atoms with van der Waals surface area (Å²) in [6.45, 7) is 2.45. The Balaban J connectivity index is 2.36. The zero-order chi connectivity index (χ0) is 11.8. The zero-order valence-electron chi connectivity index (χ0n) is 9.30. The van der Waals surface area contributed by atoms with Crippen molar-refractivity contribution in [2.45, 2.75) is 19.1 Å². The van der Waals surface area contributed by atoms with Crippen LogP contribution in [0.3, 0.4) is 0 Å². The minimum absolute atomic E-state index is 0.427. The summed E-state index contributed by atoms with van der Waals surface area (Å²) in [5.74, 6) is 1.17. The van der Waals surface area contributed by atoms with E-state index in [1.54, 1.807) is 0 Å². The van der Waals surface area contributed by atoms with Gasteiger partial charge in [-0.15, -0.1) is 0 Å². The fourth-order valence-corrected chi connectivity index (χ4v) is 2.55. The SMILES string of the molecule is Cc1cccc(CS(=O)CCCN=[N+]=[N-])c1. The van der Waals surface area contributed by atoms with E-state index in [1.165, 1.54) is 5.56 Å². The molecule has 0 amide bonds. The molecule has 1 aromatic carbocycles. The lowest BCUT2D eigenvalue weighted by Gasteiger charge is -2.02. The molecule has 1 atom stereocenters. The van der Waals surface area contributed by atoms with Gasteiger partial charge in [-0.2, -0.15) is 0 Å². The predicted octanol–water partition coefficient (Wildman–Crippen LogP) is 2.94. The maximum atomic E-state index is 11.7. The Morgan fingerprint density at radius 1 is 1.50 bits per heavy atom. The standard InChI is InChI=1S/C11H15N3OS/c1-10-4-2-5-11(8-10)9-16(15)7-3-6-13-14-12/h2,4-5,8H,3,6-7,9H2,1H3. The molecule has 0 aliphatic rings. The lowest BCUT2D eigenvalue weighted by atomic mass is 10.2. The molecule has 0 N–H and O–H groups in total. The second-order valence-corrected chi connectivity index (χ2v) is 5.16. The minimum atomic E-state index is -0.866. The van der Waals surface area contributed by atoms with E-state index in [1.807, 2.05) is 31.2 Å². The number of azide groups is 1. The number of hydrogen-bond acceptors (Lipinski definition) is 2. The van der Waals surface area contributed by atoms with Gasteiger partial charge in [-0.05, 0) is 24.4 Å². The summed E-state index contributed by atoms with van der Waals surface area (Å²) in [7, 11) is -0.866. The third-order valence-electron chi connectivity index (χ3n) is 2.10. The molecule has 0 saturated carbocycles. The first-order chi connectivity index (χ1) is 7.72. The van der Waals surface area contributed by atoms with Crippen molar-refractivity contribution in [3.05, 3.63) is 45.8 Å². The van der Waals surface area contributed by atoms with Gasteiger partial charge in [0.2, 0.25) is 0 Å². The molecule has 86 valence electrons. The van der Waals surface area contributed by atoms with Gasteiger partial charge >= 0.3 is 0 Å². The number of aryl methyl sites for hydroxylation is 1. The summed E-state index contributed by atoms with van der Waals surface area (Å²) in [5, 5.41) is 3.41. The van der Waals surface area contributed by atoms with Crippen LogP contribution < -0.4 is 0 Å². The first kappa shape index (κ1) is 12.7. The molecule has 16 heavy (non-hydrogen) atoms. The number of hydrogen-bond donors (Lipinski definition) is 0. The van der Waals surface area contributed by atoms with E-state index in [-0.39, 0.29) is 0 Å². The third kappa shape index (κ3) is 4.96. The van der Waals surface area contributed by atoms with E-state index in [0.29, 0.717) is 24.5 Å². The maximum absolute atomic E-state index is 11.7. The Morgan fingerprint density at radius 3 is 3.00 bits per heavy atom. The zero-order valence-corrected chi connectivity index (χ0v) is 10.1. The van der Waals surface area contributed by atoms with E-state index < -0.39 is 10.8 Å². The van der Waals surface area contributed by atoms with Crippen LogP contribution >= 0.6 is 0 Å². The van der Waals surface area contributed by atoms with Crippen LogP contribution in [0, 0.1) is 6.92 Å². The summed E-state index contributed by atoms with van der Waals surface area (Å²) >= 11 is 0. The molecule has 4 nitrogen and oxygen atoms in total. The van der Waals surface area contributed by atoms with Crippen LogP contribution in [0.1, 0.15) is 17.5 Å². The molecule has 0 fully saturated rings.